The minimum atomic E-state index is -3.67. The van der Waals surface area contributed by atoms with Crippen LogP contribution in [-0.4, -0.2) is 33.2 Å². The highest BCUT2D eigenvalue weighted by Crippen LogP contribution is 2.26. The lowest BCUT2D eigenvalue weighted by atomic mass is 10.3. The van der Waals surface area contributed by atoms with Crippen molar-refractivity contribution in [3.8, 4) is 5.75 Å². The highest BCUT2D eigenvalue weighted by Gasteiger charge is 2.21. The van der Waals surface area contributed by atoms with E-state index in [0.29, 0.717) is 22.1 Å². The summed E-state index contributed by atoms with van der Waals surface area (Å²) >= 11 is 11.8. The number of halogens is 2. The summed E-state index contributed by atoms with van der Waals surface area (Å²) in [7, 11) is -3.67. The minimum absolute atomic E-state index is 0.00108. The van der Waals surface area contributed by atoms with Crippen molar-refractivity contribution in [3.05, 3.63) is 52.5 Å². The van der Waals surface area contributed by atoms with Gasteiger partial charge in [-0.25, -0.2) is 8.42 Å². The summed E-state index contributed by atoms with van der Waals surface area (Å²) in [6.45, 7) is 3.40. The van der Waals surface area contributed by atoms with E-state index in [1.165, 1.54) is 6.07 Å². The Kier molecular flexibility index (Phi) is 6.97. The average molecular weight is 431 g/mol. The van der Waals surface area contributed by atoms with E-state index in [0.717, 1.165) is 10.6 Å². The number of nitrogens with zero attached hydrogens (tertiary/aromatic N) is 1. The second-order valence-electron chi connectivity index (χ2n) is 6.11. The molecule has 1 N–H and O–H groups in total. The smallest absolute Gasteiger partial charge is 0.245 e. The molecule has 0 aromatic heterocycles. The zero-order chi connectivity index (χ0) is 20.2. The number of nitrogens with one attached hydrogen (secondary N) is 1. The van der Waals surface area contributed by atoms with Crippen molar-refractivity contribution in [1.29, 1.82) is 0 Å². The quantitative estimate of drug-likeness (QED) is 0.714. The van der Waals surface area contributed by atoms with Crippen molar-refractivity contribution < 1.29 is 17.9 Å². The minimum Gasteiger partial charge on any atom is -0.491 e. The van der Waals surface area contributed by atoms with Crippen molar-refractivity contribution in [2.75, 3.05) is 22.4 Å². The second kappa shape index (κ2) is 8.82. The normalized spacial score (nSPS) is 11.3. The topological polar surface area (TPSA) is 75.7 Å². The highest BCUT2D eigenvalue weighted by atomic mass is 35.5. The Morgan fingerprint density at radius 3 is 2.26 bits per heavy atom. The Balaban J connectivity index is 2.16. The molecular formula is C18H20Cl2N2O4S. The van der Waals surface area contributed by atoms with E-state index in [4.69, 9.17) is 27.9 Å². The largest absolute Gasteiger partial charge is 0.491 e. The van der Waals surface area contributed by atoms with Gasteiger partial charge in [0.05, 0.1) is 28.1 Å². The van der Waals surface area contributed by atoms with Gasteiger partial charge in [-0.3, -0.25) is 9.10 Å². The summed E-state index contributed by atoms with van der Waals surface area (Å²) in [6, 6.07) is 11.1. The van der Waals surface area contributed by atoms with E-state index >= 15 is 0 Å². The van der Waals surface area contributed by atoms with Crippen molar-refractivity contribution in [3.63, 3.8) is 0 Å². The van der Waals surface area contributed by atoms with Crippen molar-refractivity contribution in [2.45, 2.75) is 20.0 Å². The van der Waals surface area contributed by atoms with Crippen LogP contribution in [0.3, 0.4) is 0 Å². The first-order valence-electron chi connectivity index (χ1n) is 8.05. The molecular weight excluding hydrogens is 411 g/mol. The van der Waals surface area contributed by atoms with Crippen LogP contribution in [-0.2, 0) is 14.8 Å². The Hall–Kier alpha value is -1.96. The van der Waals surface area contributed by atoms with Crippen LogP contribution in [0.1, 0.15) is 13.8 Å². The number of rotatable bonds is 7. The first-order chi connectivity index (χ1) is 12.6. The number of carbonyl (C=O) groups is 1. The third-order valence-corrected chi connectivity index (χ3v) is 5.27. The van der Waals surface area contributed by atoms with Crippen LogP contribution in [0, 0.1) is 0 Å². The maximum atomic E-state index is 12.3. The molecule has 0 atom stereocenters. The number of benzene rings is 2. The third kappa shape index (κ3) is 6.30. The van der Waals surface area contributed by atoms with Gasteiger partial charge < -0.3 is 10.1 Å². The van der Waals surface area contributed by atoms with Crippen molar-refractivity contribution in [1.82, 2.24) is 0 Å². The molecule has 0 heterocycles. The Labute approximate surface area is 169 Å². The van der Waals surface area contributed by atoms with Gasteiger partial charge in [-0.05, 0) is 56.3 Å². The van der Waals surface area contributed by atoms with Gasteiger partial charge >= 0.3 is 0 Å². The molecule has 2 aromatic carbocycles. The second-order valence-corrected chi connectivity index (χ2v) is 8.83. The van der Waals surface area contributed by atoms with Gasteiger partial charge in [-0.1, -0.05) is 23.2 Å². The van der Waals surface area contributed by atoms with Crippen LogP contribution >= 0.6 is 23.2 Å². The monoisotopic (exact) mass is 430 g/mol. The first kappa shape index (κ1) is 21.3. The molecule has 0 saturated carbocycles. The summed E-state index contributed by atoms with van der Waals surface area (Å²) in [4.78, 5) is 12.3. The highest BCUT2D eigenvalue weighted by molar-refractivity contribution is 7.92. The van der Waals surface area contributed by atoms with E-state index < -0.39 is 15.9 Å². The van der Waals surface area contributed by atoms with E-state index in [1.807, 2.05) is 13.8 Å². The van der Waals surface area contributed by atoms with Crippen LogP contribution in [0.2, 0.25) is 10.0 Å². The number of hydrogen-bond donors (Lipinski definition) is 1. The fourth-order valence-corrected chi connectivity index (χ4v) is 3.42. The third-order valence-electron chi connectivity index (χ3n) is 3.39. The lowest BCUT2D eigenvalue weighted by molar-refractivity contribution is -0.114. The predicted molar refractivity (Wildman–Crippen MR) is 109 cm³/mol. The SMILES string of the molecule is CC(C)Oc1ccc(N(CC(=O)Nc2ccc(Cl)c(Cl)c2)S(C)(=O)=O)cc1. The van der Waals surface area contributed by atoms with E-state index in [-0.39, 0.29) is 17.7 Å². The van der Waals surface area contributed by atoms with Crippen molar-refractivity contribution >= 4 is 50.5 Å². The number of anilines is 2. The molecule has 0 unspecified atom stereocenters. The van der Waals surface area contributed by atoms with E-state index in [9.17, 15) is 13.2 Å². The van der Waals surface area contributed by atoms with E-state index in [2.05, 4.69) is 5.32 Å². The van der Waals surface area contributed by atoms with Crippen LogP contribution in [0.4, 0.5) is 11.4 Å². The number of sulfonamides is 1. The Morgan fingerprint density at radius 2 is 1.74 bits per heavy atom. The molecule has 0 fully saturated rings. The molecule has 0 aliphatic heterocycles. The predicted octanol–water partition coefficient (Wildman–Crippen LogP) is 4.19. The van der Waals surface area contributed by atoms with Crippen LogP contribution in [0.15, 0.2) is 42.5 Å². The molecule has 9 heteroatoms. The van der Waals surface area contributed by atoms with Gasteiger partial charge in [0.1, 0.15) is 12.3 Å². The molecule has 2 rings (SSSR count). The van der Waals surface area contributed by atoms with Crippen LogP contribution in [0.25, 0.3) is 0 Å². The summed E-state index contributed by atoms with van der Waals surface area (Å²) in [5.41, 5.74) is 0.779. The maximum absolute atomic E-state index is 12.3. The van der Waals surface area contributed by atoms with Gasteiger partial charge in [0.15, 0.2) is 0 Å². The Bertz CT molecular complexity index is 915. The Morgan fingerprint density at radius 1 is 1.11 bits per heavy atom. The molecule has 27 heavy (non-hydrogen) atoms. The van der Waals surface area contributed by atoms with Gasteiger partial charge in [-0.15, -0.1) is 0 Å². The standard InChI is InChI=1S/C18H20Cl2N2O4S/c1-12(2)26-15-7-5-14(6-8-15)22(27(3,24)25)11-18(23)21-13-4-9-16(19)17(20)10-13/h4-10,12H,11H2,1-3H3,(H,21,23). The zero-order valence-electron chi connectivity index (χ0n) is 15.1. The maximum Gasteiger partial charge on any atom is 0.245 e. The molecule has 2 aromatic rings. The zero-order valence-corrected chi connectivity index (χ0v) is 17.4. The summed E-state index contributed by atoms with van der Waals surface area (Å²) in [5, 5.41) is 3.25. The first-order valence-corrected chi connectivity index (χ1v) is 10.7. The average Bonchev–Trinajstić information content (AvgIpc) is 2.55. The molecule has 0 saturated heterocycles. The summed E-state index contributed by atoms with van der Waals surface area (Å²) in [5.74, 6) is 0.101. The number of hydrogen-bond acceptors (Lipinski definition) is 4. The van der Waals surface area contributed by atoms with Gasteiger partial charge in [0, 0.05) is 5.69 Å². The molecule has 6 nitrogen and oxygen atoms in total. The number of ether oxygens (including phenoxy) is 1. The van der Waals surface area contributed by atoms with Crippen LogP contribution in [0.5, 0.6) is 5.75 Å². The molecule has 0 aliphatic carbocycles. The molecule has 1 amide bonds. The molecule has 146 valence electrons. The summed E-state index contributed by atoms with van der Waals surface area (Å²) in [6.07, 6.45) is 1.04. The number of carbonyl (C=O) groups excluding carboxylic acids is 1. The number of amides is 1. The van der Waals surface area contributed by atoms with E-state index in [1.54, 1.807) is 36.4 Å². The van der Waals surface area contributed by atoms with Crippen LogP contribution < -0.4 is 14.4 Å². The molecule has 0 aliphatic rings. The molecule has 0 radical (unpaired) electrons. The fraction of sp³-hybridized carbons (Fsp3) is 0.278. The molecule has 0 bridgehead atoms. The van der Waals surface area contributed by atoms with Gasteiger partial charge in [0.25, 0.3) is 0 Å². The lowest BCUT2D eigenvalue weighted by Gasteiger charge is -2.22. The van der Waals surface area contributed by atoms with Crippen molar-refractivity contribution in [2.24, 2.45) is 0 Å². The fourth-order valence-electron chi connectivity index (χ4n) is 2.27. The lowest BCUT2D eigenvalue weighted by Crippen LogP contribution is -2.37. The van der Waals surface area contributed by atoms with Gasteiger partial charge in [0.2, 0.25) is 15.9 Å². The molecule has 0 spiro atoms. The van der Waals surface area contributed by atoms with Gasteiger partial charge in [-0.2, -0.15) is 0 Å². The summed E-state index contributed by atoms with van der Waals surface area (Å²) < 4.78 is 30.9.